The number of fused-ring (bicyclic) bond motifs is 6. The second kappa shape index (κ2) is 14.8. The van der Waals surface area contributed by atoms with Crippen molar-refractivity contribution in [2.24, 2.45) is 6.98 Å². The van der Waals surface area contributed by atoms with Gasteiger partial charge in [-0.3, -0.25) is 0 Å². The number of nitrogens with zero attached hydrogens (tertiary/aromatic N) is 4. The Balaban J connectivity index is 0.00000548. The number of ether oxygens (including phenoxy) is 1. The molecule has 0 bridgehead atoms. The van der Waals surface area contributed by atoms with Crippen LogP contribution in [0.3, 0.4) is 0 Å². The van der Waals surface area contributed by atoms with Crippen LogP contribution in [0.5, 0.6) is 11.5 Å². The summed E-state index contributed by atoms with van der Waals surface area (Å²) < 4.78 is 37.5. The zero-order valence-electron chi connectivity index (χ0n) is 41.6. The molecule has 0 saturated heterocycles. The molecule has 0 unspecified atom stereocenters. The standard InChI is InChI=1S/C57H60N4O.Pt/c1-53(2,3)37-24-29-58-50(31-37)61-45-23-20-36(40-16-15-17-43-51(40)56(8,9)27-25-54(43,4)5)30-42(45)41-22-21-39(34-48(41)61)62-49-33-38(60-35-59(12)46-18-13-14-19-47(46)60)32-44-52(49)57(10,11)28-26-55(44,6)7;/h13-24,29-32H,25-28H2,1-12H3;/q-2;/i12D3;. The third-order valence-electron chi connectivity index (χ3n) is 14.5. The average Bonchev–Trinajstić information content (AvgIpc) is 3.80. The third kappa shape index (κ3) is 7.09. The van der Waals surface area contributed by atoms with E-state index in [9.17, 15) is 0 Å². The minimum absolute atomic E-state index is 0. The van der Waals surface area contributed by atoms with Crippen LogP contribution in [-0.2, 0) is 55.1 Å². The second-order valence-corrected chi connectivity index (χ2v) is 21.7. The fourth-order valence-electron chi connectivity index (χ4n) is 10.5. The molecule has 0 saturated carbocycles. The Morgan fingerprint density at radius 1 is 0.698 bits per heavy atom. The molecule has 0 fully saturated rings. The summed E-state index contributed by atoms with van der Waals surface area (Å²) in [6.45, 7) is 23.0. The monoisotopic (exact) mass is 1010 g/mol. The van der Waals surface area contributed by atoms with Crippen molar-refractivity contribution in [2.75, 3.05) is 0 Å². The average molecular weight is 1020 g/mol. The Morgan fingerprint density at radius 3 is 2.16 bits per heavy atom. The number of aromatic nitrogens is 4. The molecule has 8 aromatic rings. The molecule has 0 spiro atoms. The summed E-state index contributed by atoms with van der Waals surface area (Å²) in [4.78, 5) is 5.01. The summed E-state index contributed by atoms with van der Waals surface area (Å²) in [7, 11) is 0. The minimum atomic E-state index is -2.42. The molecular weight excluding hydrogens is 952 g/mol. The molecule has 63 heavy (non-hydrogen) atoms. The Bertz CT molecular complexity index is 3230. The zero-order valence-corrected chi connectivity index (χ0v) is 40.9. The van der Waals surface area contributed by atoms with Gasteiger partial charge in [0.25, 0.3) is 0 Å². The number of imidazole rings is 1. The molecule has 326 valence electrons. The van der Waals surface area contributed by atoms with Gasteiger partial charge in [-0.05, 0) is 92.3 Å². The number of hydrogen-bond acceptors (Lipinski definition) is 2. The van der Waals surface area contributed by atoms with E-state index in [0.717, 1.165) is 70.0 Å². The molecule has 10 rings (SSSR count). The fraction of sp³-hybridized carbons (Fsp3) is 0.368. The molecular formula is C57H60N4OPt-2. The van der Waals surface area contributed by atoms with Crippen molar-refractivity contribution in [3.63, 3.8) is 0 Å². The van der Waals surface area contributed by atoms with Gasteiger partial charge in [0.2, 0.25) is 6.33 Å². The second-order valence-electron chi connectivity index (χ2n) is 21.7. The summed E-state index contributed by atoms with van der Waals surface area (Å²) in [5, 5.41) is 2.19. The van der Waals surface area contributed by atoms with Gasteiger partial charge in [-0.15, -0.1) is 29.1 Å². The van der Waals surface area contributed by atoms with E-state index in [1.165, 1.54) is 32.4 Å². The molecule has 0 atom stereocenters. The summed E-state index contributed by atoms with van der Waals surface area (Å²) in [5.74, 6) is 1.99. The molecule has 2 aliphatic rings. The van der Waals surface area contributed by atoms with Crippen molar-refractivity contribution < 1.29 is 34.5 Å². The Hall–Kier alpha value is -4.99. The van der Waals surface area contributed by atoms with Gasteiger partial charge >= 0.3 is 0 Å². The maximum atomic E-state index is 8.34. The van der Waals surface area contributed by atoms with Crippen LogP contribution >= 0.6 is 0 Å². The van der Waals surface area contributed by atoms with Crippen LogP contribution in [0.15, 0.2) is 97.2 Å². The number of hydrogen-bond donors (Lipinski definition) is 0. The predicted octanol–water partition coefficient (Wildman–Crippen LogP) is 13.8. The van der Waals surface area contributed by atoms with E-state index >= 15 is 0 Å². The molecule has 2 aliphatic carbocycles. The van der Waals surface area contributed by atoms with Gasteiger partial charge in [0.1, 0.15) is 5.82 Å². The van der Waals surface area contributed by atoms with Gasteiger partial charge in [0, 0.05) is 44.3 Å². The first-order chi connectivity index (χ1) is 30.4. The van der Waals surface area contributed by atoms with Crippen molar-refractivity contribution >= 4 is 32.8 Å². The summed E-state index contributed by atoms with van der Waals surface area (Å²) >= 11 is 0. The topological polar surface area (TPSA) is 35.9 Å². The third-order valence-corrected chi connectivity index (χ3v) is 14.5. The predicted molar refractivity (Wildman–Crippen MR) is 254 cm³/mol. The number of aryl methyl sites for hydroxylation is 1. The maximum Gasteiger partial charge on any atom is 0.242 e. The zero-order chi connectivity index (χ0) is 46.2. The van der Waals surface area contributed by atoms with E-state index in [1.807, 2.05) is 41.1 Å². The van der Waals surface area contributed by atoms with E-state index in [-0.39, 0.29) is 48.1 Å². The molecule has 3 aromatic heterocycles. The molecule has 0 amide bonds. The van der Waals surface area contributed by atoms with Gasteiger partial charge in [-0.2, -0.15) is 17.7 Å². The molecule has 0 N–H and O–H groups in total. The van der Waals surface area contributed by atoms with Gasteiger partial charge in [-0.1, -0.05) is 154 Å². The first-order valence-corrected chi connectivity index (χ1v) is 22.3. The first kappa shape index (κ1) is 39.6. The maximum absolute atomic E-state index is 8.34. The SMILES string of the molecule is [2H]C([2H])([2H])[n+]1[c-]n(-c2[c-]c(Oc3[c-]c4c(cc3)c3cc(-c5cccc6c5C(C)(C)CCC6(C)C)ccc3n4-c3cc(C(C)(C)C)ccn3)c3c(c2)C(C)(C)CCC3(C)C)c2ccccc21.[Pt]. The summed E-state index contributed by atoms with van der Waals surface area (Å²) in [5.41, 5.74) is 12.4. The summed E-state index contributed by atoms with van der Waals surface area (Å²) in [6.07, 6.45) is 9.36. The van der Waals surface area contributed by atoms with E-state index in [2.05, 4.69) is 160 Å². The van der Waals surface area contributed by atoms with Crippen LogP contribution in [0.4, 0.5) is 0 Å². The van der Waals surface area contributed by atoms with Crippen LogP contribution in [0.2, 0.25) is 0 Å². The van der Waals surface area contributed by atoms with Crippen LogP contribution in [-0.4, -0.2) is 14.1 Å². The quantitative estimate of drug-likeness (QED) is 0.127. The fourth-order valence-corrected chi connectivity index (χ4v) is 10.5. The van der Waals surface area contributed by atoms with E-state index in [0.29, 0.717) is 22.7 Å². The number of rotatable bonds is 5. The van der Waals surface area contributed by atoms with Crippen LogP contribution < -0.4 is 9.30 Å². The Morgan fingerprint density at radius 2 is 1.41 bits per heavy atom. The van der Waals surface area contributed by atoms with Gasteiger partial charge in [-0.25, -0.2) is 4.98 Å². The van der Waals surface area contributed by atoms with Crippen molar-refractivity contribution in [2.45, 2.75) is 129 Å². The molecule has 3 heterocycles. The van der Waals surface area contributed by atoms with E-state index in [4.69, 9.17) is 13.8 Å². The number of pyridine rings is 1. The minimum Gasteiger partial charge on any atom is -0.510 e. The molecule has 0 aliphatic heterocycles. The van der Waals surface area contributed by atoms with Gasteiger partial charge in [0.05, 0.1) is 22.1 Å². The van der Waals surface area contributed by atoms with E-state index < -0.39 is 6.98 Å². The largest absolute Gasteiger partial charge is 0.510 e. The van der Waals surface area contributed by atoms with Crippen LogP contribution in [0, 0.1) is 18.5 Å². The smallest absolute Gasteiger partial charge is 0.242 e. The molecule has 0 radical (unpaired) electrons. The Kier molecular flexibility index (Phi) is 9.29. The van der Waals surface area contributed by atoms with Crippen LogP contribution in [0.1, 0.15) is 134 Å². The van der Waals surface area contributed by atoms with Crippen molar-refractivity contribution in [3.8, 4) is 34.1 Å². The first-order valence-electron chi connectivity index (χ1n) is 23.8. The molecule has 5 aromatic carbocycles. The van der Waals surface area contributed by atoms with Crippen LogP contribution in [0.25, 0.3) is 55.5 Å². The van der Waals surface area contributed by atoms with Crippen molar-refractivity contribution in [1.82, 2.24) is 14.1 Å². The van der Waals surface area contributed by atoms with Gasteiger partial charge < -0.3 is 18.4 Å². The number of para-hydroxylation sites is 2. The normalized spacial score (nSPS) is 18.2. The van der Waals surface area contributed by atoms with Gasteiger partial charge in [0.15, 0.2) is 0 Å². The number of benzene rings is 5. The van der Waals surface area contributed by atoms with Crippen molar-refractivity contribution in [3.05, 3.63) is 143 Å². The molecule has 6 heteroatoms. The summed E-state index contributed by atoms with van der Waals surface area (Å²) in [6, 6.07) is 39.4. The molecule has 5 nitrogen and oxygen atoms in total. The van der Waals surface area contributed by atoms with Crippen molar-refractivity contribution in [1.29, 1.82) is 0 Å². The Labute approximate surface area is 393 Å². The van der Waals surface area contributed by atoms with E-state index in [1.54, 1.807) is 0 Å².